The Labute approximate surface area is 223 Å². The van der Waals surface area contributed by atoms with Crippen LogP contribution in [0.25, 0.3) is 6.08 Å². The summed E-state index contributed by atoms with van der Waals surface area (Å²) in [6, 6.07) is 14.3. The molecule has 0 aliphatic heterocycles. The van der Waals surface area contributed by atoms with E-state index < -0.39 is 42.1 Å². The van der Waals surface area contributed by atoms with Crippen molar-refractivity contribution < 1.29 is 34.8 Å². The zero-order chi connectivity index (χ0) is 28.1. The smallest absolute Gasteiger partial charge is 0.407 e. The lowest BCUT2D eigenvalue weighted by molar-refractivity contribution is 0.0418. The quantitative estimate of drug-likeness (QED) is 0.208. The van der Waals surface area contributed by atoms with Gasteiger partial charge in [0.25, 0.3) is 0 Å². The zero-order valence-electron chi connectivity index (χ0n) is 22.0. The molecule has 2 aromatic rings. The molecule has 0 heterocycles. The van der Waals surface area contributed by atoms with Gasteiger partial charge < -0.3 is 41.1 Å². The first kappa shape index (κ1) is 30.6. The molecule has 38 heavy (non-hydrogen) atoms. The van der Waals surface area contributed by atoms with Crippen molar-refractivity contribution in [2.45, 2.75) is 63.5 Å². The van der Waals surface area contributed by atoms with E-state index in [2.05, 4.69) is 16.0 Å². The molecule has 0 radical (unpaired) electrons. The van der Waals surface area contributed by atoms with E-state index in [1.807, 2.05) is 30.3 Å². The molecule has 2 rings (SSSR count). The summed E-state index contributed by atoms with van der Waals surface area (Å²) in [6.07, 6.45) is 0.147. The number of aliphatic hydroxyl groups is 2. The molecule has 0 saturated carbocycles. The molecule has 0 aliphatic carbocycles. The van der Waals surface area contributed by atoms with Crippen molar-refractivity contribution in [1.29, 1.82) is 0 Å². The Morgan fingerprint density at radius 3 is 2.11 bits per heavy atom. The predicted octanol–water partition coefficient (Wildman–Crippen LogP) is 2.88. The SMILES string of the molecule is CC(C)(C)OC(=O)N[C@@H](CC=Cc1ccc(O)cc1)C(O)CNC[C@@H](O)[C@H](Cc1ccccc1)NC(=O)O. The monoisotopic (exact) mass is 529 g/mol. The number of phenolic OH excluding ortho intramolecular Hbond substituents is 1. The molecule has 7 N–H and O–H groups in total. The Balaban J connectivity index is 1.98. The zero-order valence-corrected chi connectivity index (χ0v) is 22.0. The van der Waals surface area contributed by atoms with E-state index in [1.54, 1.807) is 57.2 Å². The van der Waals surface area contributed by atoms with Gasteiger partial charge in [0.05, 0.1) is 24.3 Å². The third-order valence-electron chi connectivity index (χ3n) is 5.54. The number of hydrogen-bond acceptors (Lipinski definition) is 7. The van der Waals surface area contributed by atoms with E-state index >= 15 is 0 Å². The van der Waals surface area contributed by atoms with Crippen LogP contribution in [-0.4, -0.2) is 75.6 Å². The Morgan fingerprint density at radius 1 is 0.921 bits per heavy atom. The lowest BCUT2D eigenvalue weighted by Crippen LogP contribution is -2.51. The molecule has 10 heteroatoms. The summed E-state index contributed by atoms with van der Waals surface area (Å²) < 4.78 is 5.33. The van der Waals surface area contributed by atoms with E-state index in [9.17, 15) is 30.0 Å². The van der Waals surface area contributed by atoms with Crippen LogP contribution in [0.3, 0.4) is 0 Å². The average molecular weight is 530 g/mol. The third kappa shape index (κ3) is 12.1. The largest absolute Gasteiger partial charge is 0.508 e. The van der Waals surface area contributed by atoms with Crippen molar-refractivity contribution in [1.82, 2.24) is 16.0 Å². The molecule has 10 nitrogen and oxygen atoms in total. The normalized spacial score (nSPS) is 14.9. The van der Waals surface area contributed by atoms with Gasteiger partial charge in [0, 0.05) is 13.1 Å². The topological polar surface area (TPSA) is 160 Å². The minimum atomic E-state index is -1.24. The first-order valence-corrected chi connectivity index (χ1v) is 12.5. The molecule has 2 amide bonds. The van der Waals surface area contributed by atoms with E-state index in [-0.39, 0.29) is 25.3 Å². The number of carbonyl (C=O) groups is 2. The molecule has 4 atom stereocenters. The maximum absolute atomic E-state index is 12.4. The highest BCUT2D eigenvalue weighted by Gasteiger charge is 2.25. The first-order chi connectivity index (χ1) is 17.9. The van der Waals surface area contributed by atoms with Crippen LogP contribution in [0.15, 0.2) is 60.7 Å². The lowest BCUT2D eigenvalue weighted by Gasteiger charge is -2.27. The maximum atomic E-state index is 12.4. The second-order valence-electron chi connectivity index (χ2n) is 10.0. The van der Waals surface area contributed by atoms with Crippen LogP contribution in [0.1, 0.15) is 38.3 Å². The minimum Gasteiger partial charge on any atom is -0.508 e. The molecule has 208 valence electrons. The van der Waals surface area contributed by atoms with Crippen molar-refractivity contribution in [2.75, 3.05) is 13.1 Å². The number of benzene rings is 2. The summed E-state index contributed by atoms with van der Waals surface area (Å²) in [5.74, 6) is 0.153. The van der Waals surface area contributed by atoms with Crippen molar-refractivity contribution in [3.05, 3.63) is 71.8 Å². The number of aromatic hydroxyl groups is 1. The van der Waals surface area contributed by atoms with Gasteiger partial charge in [-0.2, -0.15) is 0 Å². The van der Waals surface area contributed by atoms with Crippen LogP contribution in [0, 0.1) is 0 Å². The Bertz CT molecular complexity index is 1020. The standard InChI is InChI=1S/C28H39N3O7/c1-28(2,3)38-27(37)31-22(11-7-10-19-12-14-21(32)15-13-19)24(33)17-29-18-25(34)23(30-26(35)36)16-20-8-5-4-6-9-20/h4-10,12-15,22-25,29-30,32-34H,11,16-18H2,1-3H3,(H,31,37)(H,35,36)/t22-,23-,24?,25+/m0/s1. The van der Waals surface area contributed by atoms with Gasteiger partial charge in [-0.15, -0.1) is 0 Å². The molecule has 0 aromatic heterocycles. The van der Waals surface area contributed by atoms with E-state index in [4.69, 9.17) is 4.74 Å². The second kappa shape index (κ2) is 15.0. The minimum absolute atomic E-state index is 0.0113. The van der Waals surface area contributed by atoms with Crippen LogP contribution < -0.4 is 16.0 Å². The lowest BCUT2D eigenvalue weighted by atomic mass is 10.0. The fraction of sp³-hybridized carbons (Fsp3) is 0.429. The maximum Gasteiger partial charge on any atom is 0.407 e. The van der Waals surface area contributed by atoms with Gasteiger partial charge in [0.1, 0.15) is 11.4 Å². The number of alkyl carbamates (subject to hydrolysis) is 1. The Morgan fingerprint density at radius 2 is 1.53 bits per heavy atom. The number of hydrogen-bond donors (Lipinski definition) is 7. The number of carbonyl (C=O) groups excluding carboxylic acids is 1. The number of amides is 2. The molecule has 0 spiro atoms. The summed E-state index contributed by atoms with van der Waals surface area (Å²) >= 11 is 0. The Hall–Kier alpha value is -3.60. The second-order valence-corrected chi connectivity index (χ2v) is 10.0. The Kier molecular flexibility index (Phi) is 12.1. The third-order valence-corrected chi connectivity index (χ3v) is 5.54. The fourth-order valence-corrected chi connectivity index (χ4v) is 3.68. The van der Waals surface area contributed by atoms with Gasteiger partial charge in [0.2, 0.25) is 0 Å². The predicted molar refractivity (Wildman–Crippen MR) is 145 cm³/mol. The van der Waals surface area contributed by atoms with E-state index in [0.29, 0.717) is 6.42 Å². The number of phenols is 1. The van der Waals surface area contributed by atoms with Gasteiger partial charge in [0.15, 0.2) is 0 Å². The highest BCUT2D eigenvalue weighted by atomic mass is 16.6. The number of aliphatic hydroxyl groups excluding tert-OH is 2. The highest BCUT2D eigenvalue weighted by molar-refractivity contribution is 5.68. The van der Waals surface area contributed by atoms with Crippen LogP contribution in [0.2, 0.25) is 0 Å². The van der Waals surface area contributed by atoms with E-state index in [1.165, 1.54) is 0 Å². The molecular weight excluding hydrogens is 490 g/mol. The van der Waals surface area contributed by atoms with Gasteiger partial charge >= 0.3 is 12.2 Å². The summed E-state index contributed by atoms with van der Waals surface area (Å²) in [6.45, 7) is 5.25. The average Bonchev–Trinajstić information content (AvgIpc) is 2.83. The summed E-state index contributed by atoms with van der Waals surface area (Å²) in [7, 11) is 0. The molecule has 1 unspecified atom stereocenters. The van der Waals surface area contributed by atoms with Crippen LogP contribution >= 0.6 is 0 Å². The van der Waals surface area contributed by atoms with Gasteiger partial charge in [-0.05, 0) is 56.9 Å². The summed E-state index contributed by atoms with van der Waals surface area (Å²) in [5, 5.41) is 48.1. The summed E-state index contributed by atoms with van der Waals surface area (Å²) in [5.41, 5.74) is 0.992. The first-order valence-electron chi connectivity index (χ1n) is 12.5. The molecule has 0 bridgehead atoms. The van der Waals surface area contributed by atoms with Crippen LogP contribution in [0.5, 0.6) is 5.75 Å². The fourth-order valence-electron chi connectivity index (χ4n) is 3.68. The molecular formula is C28H39N3O7. The molecule has 0 fully saturated rings. The van der Waals surface area contributed by atoms with Gasteiger partial charge in [-0.1, -0.05) is 54.6 Å². The number of ether oxygens (including phenoxy) is 1. The van der Waals surface area contributed by atoms with Gasteiger partial charge in [-0.25, -0.2) is 9.59 Å². The van der Waals surface area contributed by atoms with Crippen LogP contribution in [0.4, 0.5) is 9.59 Å². The number of rotatable bonds is 13. The summed E-state index contributed by atoms with van der Waals surface area (Å²) in [4.78, 5) is 23.6. The van der Waals surface area contributed by atoms with Crippen LogP contribution in [-0.2, 0) is 11.2 Å². The number of nitrogens with one attached hydrogen (secondary N) is 3. The number of carboxylic acid groups (broad SMARTS) is 1. The van der Waals surface area contributed by atoms with Crippen molar-refractivity contribution >= 4 is 18.3 Å². The van der Waals surface area contributed by atoms with Crippen molar-refractivity contribution in [3.8, 4) is 5.75 Å². The van der Waals surface area contributed by atoms with E-state index in [0.717, 1.165) is 11.1 Å². The van der Waals surface area contributed by atoms with Crippen molar-refractivity contribution in [3.63, 3.8) is 0 Å². The molecule has 0 aliphatic rings. The molecule has 2 aromatic carbocycles. The molecule has 0 saturated heterocycles. The van der Waals surface area contributed by atoms with Crippen molar-refractivity contribution in [2.24, 2.45) is 0 Å². The highest BCUT2D eigenvalue weighted by Crippen LogP contribution is 2.13. The van der Waals surface area contributed by atoms with Gasteiger partial charge in [-0.3, -0.25) is 0 Å².